The van der Waals surface area contributed by atoms with Crippen LogP contribution in [0.3, 0.4) is 0 Å². The van der Waals surface area contributed by atoms with E-state index in [4.69, 9.17) is 9.47 Å². The van der Waals surface area contributed by atoms with Crippen LogP contribution in [-0.2, 0) is 11.3 Å². The number of nitrogens with zero attached hydrogens (tertiary/aromatic N) is 1. The molecule has 0 saturated heterocycles. The van der Waals surface area contributed by atoms with Crippen molar-refractivity contribution in [1.82, 2.24) is 10.6 Å². The maximum absolute atomic E-state index is 5.85. The number of aryl methyl sites for hydroxylation is 1. The molecule has 1 aromatic rings. The highest BCUT2D eigenvalue weighted by atomic mass is 16.5. The molecule has 0 spiro atoms. The summed E-state index contributed by atoms with van der Waals surface area (Å²) < 4.78 is 10.9. The lowest BCUT2D eigenvalue weighted by Crippen LogP contribution is -2.38. The summed E-state index contributed by atoms with van der Waals surface area (Å²) in [5, 5.41) is 6.58. The molecule has 5 nitrogen and oxygen atoms in total. The van der Waals surface area contributed by atoms with E-state index >= 15 is 0 Å². The Morgan fingerprint density at radius 1 is 1.17 bits per heavy atom. The Labute approximate surface area is 140 Å². The summed E-state index contributed by atoms with van der Waals surface area (Å²) in [5.74, 6) is 1.76. The highest BCUT2D eigenvalue weighted by Gasteiger charge is 2.05. The number of aliphatic imine (C=N–C) groups is 1. The molecule has 0 aliphatic heterocycles. The minimum atomic E-state index is 0.596. The van der Waals surface area contributed by atoms with Crippen LogP contribution in [0.2, 0.25) is 0 Å². The predicted octanol–water partition coefficient (Wildman–Crippen LogP) is 2.88. The van der Waals surface area contributed by atoms with E-state index in [1.807, 2.05) is 0 Å². The Bertz CT molecular complexity index is 475. The summed E-state index contributed by atoms with van der Waals surface area (Å²) in [6.07, 6.45) is 1.96. The van der Waals surface area contributed by atoms with Gasteiger partial charge < -0.3 is 20.1 Å². The van der Waals surface area contributed by atoms with Crippen LogP contribution >= 0.6 is 0 Å². The van der Waals surface area contributed by atoms with Crippen molar-refractivity contribution >= 4 is 5.96 Å². The van der Waals surface area contributed by atoms with Crippen LogP contribution in [0.25, 0.3) is 0 Å². The number of rotatable bonds is 10. The fourth-order valence-corrected chi connectivity index (χ4v) is 2.07. The SMILES string of the molecule is CCCOc1cc(C)ccc1CN=C(NCC)NCCCOC. The van der Waals surface area contributed by atoms with Gasteiger partial charge in [-0.3, -0.25) is 0 Å². The van der Waals surface area contributed by atoms with Gasteiger partial charge in [0.15, 0.2) is 5.96 Å². The molecule has 0 aliphatic carbocycles. The predicted molar refractivity (Wildman–Crippen MR) is 96.3 cm³/mol. The lowest BCUT2D eigenvalue weighted by atomic mass is 10.1. The van der Waals surface area contributed by atoms with Crippen LogP contribution in [0.4, 0.5) is 0 Å². The van der Waals surface area contributed by atoms with Crippen molar-refractivity contribution in [2.24, 2.45) is 4.99 Å². The molecule has 0 bridgehead atoms. The van der Waals surface area contributed by atoms with E-state index in [0.717, 1.165) is 56.4 Å². The monoisotopic (exact) mass is 321 g/mol. The second kappa shape index (κ2) is 11.8. The highest BCUT2D eigenvalue weighted by molar-refractivity contribution is 5.79. The number of guanidine groups is 1. The molecular weight excluding hydrogens is 290 g/mol. The van der Waals surface area contributed by atoms with E-state index in [-0.39, 0.29) is 0 Å². The van der Waals surface area contributed by atoms with Crippen molar-refractivity contribution in [2.75, 3.05) is 33.4 Å². The lowest BCUT2D eigenvalue weighted by molar-refractivity contribution is 0.195. The van der Waals surface area contributed by atoms with Crippen LogP contribution < -0.4 is 15.4 Å². The Morgan fingerprint density at radius 3 is 2.70 bits per heavy atom. The van der Waals surface area contributed by atoms with Crippen LogP contribution in [0.1, 0.15) is 37.8 Å². The standard InChI is InChI=1S/C18H31N3O2/c1-5-11-23-17-13-15(3)8-9-16(17)14-21-18(19-6-2)20-10-7-12-22-4/h8-9,13H,5-7,10-12,14H2,1-4H3,(H2,19,20,21). The van der Waals surface area contributed by atoms with Crippen molar-refractivity contribution < 1.29 is 9.47 Å². The summed E-state index contributed by atoms with van der Waals surface area (Å²) in [5.41, 5.74) is 2.31. The van der Waals surface area contributed by atoms with E-state index in [1.54, 1.807) is 7.11 Å². The van der Waals surface area contributed by atoms with Gasteiger partial charge in [0.2, 0.25) is 0 Å². The summed E-state index contributed by atoms with van der Waals surface area (Å²) >= 11 is 0. The van der Waals surface area contributed by atoms with Gasteiger partial charge >= 0.3 is 0 Å². The van der Waals surface area contributed by atoms with Gasteiger partial charge in [-0.1, -0.05) is 19.1 Å². The second-order valence-electron chi connectivity index (χ2n) is 5.43. The number of nitrogens with one attached hydrogen (secondary N) is 2. The van der Waals surface area contributed by atoms with Gasteiger partial charge in [0.25, 0.3) is 0 Å². The van der Waals surface area contributed by atoms with E-state index in [0.29, 0.717) is 6.54 Å². The fourth-order valence-electron chi connectivity index (χ4n) is 2.07. The first-order chi connectivity index (χ1) is 11.2. The van der Waals surface area contributed by atoms with Crippen molar-refractivity contribution in [3.63, 3.8) is 0 Å². The van der Waals surface area contributed by atoms with Crippen LogP contribution in [-0.4, -0.2) is 39.4 Å². The fraction of sp³-hybridized carbons (Fsp3) is 0.611. The summed E-state index contributed by atoms with van der Waals surface area (Å²) in [7, 11) is 1.72. The normalized spacial score (nSPS) is 11.4. The van der Waals surface area contributed by atoms with E-state index in [2.05, 4.69) is 54.6 Å². The molecule has 0 aromatic heterocycles. The first-order valence-corrected chi connectivity index (χ1v) is 8.44. The number of benzene rings is 1. The van der Waals surface area contributed by atoms with Crippen molar-refractivity contribution in [2.45, 2.75) is 40.2 Å². The third-order valence-corrected chi connectivity index (χ3v) is 3.25. The Morgan fingerprint density at radius 2 is 2.00 bits per heavy atom. The molecule has 0 heterocycles. The molecule has 0 radical (unpaired) electrons. The van der Waals surface area contributed by atoms with E-state index < -0.39 is 0 Å². The maximum atomic E-state index is 5.85. The summed E-state index contributed by atoms with van der Waals surface area (Å²) in [6, 6.07) is 6.28. The minimum absolute atomic E-state index is 0.596. The average Bonchev–Trinajstić information content (AvgIpc) is 2.55. The molecule has 0 amide bonds. The highest BCUT2D eigenvalue weighted by Crippen LogP contribution is 2.21. The van der Waals surface area contributed by atoms with Crippen molar-refractivity contribution in [3.05, 3.63) is 29.3 Å². The van der Waals surface area contributed by atoms with Crippen molar-refractivity contribution in [3.8, 4) is 5.75 Å². The number of ether oxygens (including phenoxy) is 2. The molecule has 0 atom stereocenters. The summed E-state index contributed by atoms with van der Waals surface area (Å²) in [6.45, 7) is 10.0. The first kappa shape index (κ1) is 19.3. The van der Waals surface area contributed by atoms with Crippen LogP contribution in [0.15, 0.2) is 23.2 Å². The van der Waals surface area contributed by atoms with Crippen LogP contribution in [0, 0.1) is 6.92 Å². The topological polar surface area (TPSA) is 54.9 Å². The number of methoxy groups -OCH3 is 1. The molecule has 0 unspecified atom stereocenters. The summed E-state index contributed by atoms with van der Waals surface area (Å²) in [4.78, 5) is 4.65. The zero-order valence-electron chi connectivity index (χ0n) is 14.9. The molecule has 2 N–H and O–H groups in total. The molecule has 0 aliphatic rings. The maximum Gasteiger partial charge on any atom is 0.191 e. The van der Waals surface area contributed by atoms with Gasteiger partial charge in [0, 0.05) is 32.4 Å². The molecule has 1 rings (SSSR count). The molecule has 5 heteroatoms. The van der Waals surface area contributed by atoms with Gasteiger partial charge in [-0.25, -0.2) is 4.99 Å². The Kier molecular flexibility index (Phi) is 9.87. The molecule has 0 fully saturated rings. The van der Waals surface area contributed by atoms with Gasteiger partial charge in [-0.2, -0.15) is 0 Å². The second-order valence-corrected chi connectivity index (χ2v) is 5.43. The zero-order chi connectivity index (χ0) is 16.9. The van der Waals surface area contributed by atoms with E-state index in [1.165, 1.54) is 5.56 Å². The van der Waals surface area contributed by atoms with Gasteiger partial charge in [-0.15, -0.1) is 0 Å². The van der Waals surface area contributed by atoms with E-state index in [9.17, 15) is 0 Å². The minimum Gasteiger partial charge on any atom is -0.493 e. The number of hydrogen-bond donors (Lipinski definition) is 2. The molecule has 0 saturated carbocycles. The lowest BCUT2D eigenvalue weighted by Gasteiger charge is -2.13. The van der Waals surface area contributed by atoms with Gasteiger partial charge in [0.05, 0.1) is 13.2 Å². The molecular formula is C18H31N3O2. The average molecular weight is 321 g/mol. The van der Waals surface area contributed by atoms with Crippen LogP contribution in [0.5, 0.6) is 5.75 Å². The molecule has 23 heavy (non-hydrogen) atoms. The third kappa shape index (κ3) is 7.88. The van der Waals surface area contributed by atoms with Crippen molar-refractivity contribution in [1.29, 1.82) is 0 Å². The quantitative estimate of drug-likeness (QED) is 0.395. The Hall–Kier alpha value is -1.75. The zero-order valence-corrected chi connectivity index (χ0v) is 14.9. The first-order valence-electron chi connectivity index (χ1n) is 8.44. The third-order valence-electron chi connectivity index (χ3n) is 3.25. The van der Waals surface area contributed by atoms with Gasteiger partial charge in [0.1, 0.15) is 5.75 Å². The molecule has 1 aromatic carbocycles. The largest absolute Gasteiger partial charge is 0.493 e. The number of hydrogen-bond acceptors (Lipinski definition) is 3. The van der Waals surface area contributed by atoms with Gasteiger partial charge in [-0.05, 0) is 38.3 Å². The Balaban J connectivity index is 2.69. The molecule has 130 valence electrons. The smallest absolute Gasteiger partial charge is 0.191 e.